The third kappa shape index (κ3) is 4.85. The van der Waals surface area contributed by atoms with Gasteiger partial charge in [0.25, 0.3) is 10.1 Å². The molecule has 1 rings (SSSR count). The summed E-state index contributed by atoms with van der Waals surface area (Å²) < 4.78 is 26.7. The van der Waals surface area contributed by atoms with Crippen molar-refractivity contribution in [2.24, 2.45) is 5.92 Å². The van der Waals surface area contributed by atoms with E-state index in [4.69, 9.17) is 4.18 Å². The Hall–Kier alpha value is -1.40. The minimum Gasteiger partial charge on any atom is -0.326 e. The molecule has 2 atom stereocenters. The largest absolute Gasteiger partial charge is 0.326 e. The summed E-state index contributed by atoms with van der Waals surface area (Å²) in [6.07, 6.45) is 0.259. The number of para-hydroxylation sites is 1. The number of benzene rings is 1. The smallest absolute Gasteiger partial charge is 0.264 e. The summed E-state index contributed by atoms with van der Waals surface area (Å²) in [5, 5.41) is 2.69. The molecule has 0 aromatic heterocycles. The number of carbonyl (C=O) groups is 1. The standard InChI is InChI=1S/C12H17NO4S/c1-9(10(2)17-18(3,15)16)12(14)13-11-7-5-4-6-8-11/h4-10H,1-3H3,(H,13,14)/t9-,10-/m0/s1. The van der Waals surface area contributed by atoms with Crippen molar-refractivity contribution < 1.29 is 17.4 Å². The molecule has 6 heteroatoms. The molecule has 0 aliphatic heterocycles. The molecule has 1 aromatic rings. The van der Waals surface area contributed by atoms with Crippen LogP contribution >= 0.6 is 0 Å². The minimum atomic E-state index is -3.55. The van der Waals surface area contributed by atoms with Gasteiger partial charge in [-0.3, -0.25) is 8.98 Å². The maximum absolute atomic E-state index is 11.9. The molecular formula is C12H17NO4S. The lowest BCUT2D eigenvalue weighted by Crippen LogP contribution is -2.31. The van der Waals surface area contributed by atoms with Crippen LogP contribution in [0.25, 0.3) is 0 Å². The fourth-order valence-electron chi connectivity index (χ4n) is 1.35. The van der Waals surface area contributed by atoms with Crippen LogP contribution < -0.4 is 5.32 Å². The van der Waals surface area contributed by atoms with Crippen molar-refractivity contribution in [2.75, 3.05) is 11.6 Å². The number of carbonyl (C=O) groups excluding carboxylic acids is 1. The first-order chi connectivity index (χ1) is 8.29. The molecule has 0 radical (unpaired) electrons. The molecule has 100 valence electrons. The van der Waals surface area contributed by atoms with Crippen molar-refractivity contribution in [1.29, 1.82) is 0 Å². The lowest BCUT2D eigenvalue weighted by atomic mass is 10.1. The zero-order chi connectivity index (χ0) is 13.8. The van der Waals surface area contributed by atoms with Crippen LogP contribution in [0.3, 0.4) is 0 Å². The molecule has 0 saturated carbocycles. The topological polar surface area (TPSA) is 72.5 Å². The Morgan fingerprint density at radius 3 is 2.28 bits per heavy atom. The molecular weight excluding hydrogens is 254 g/mol. The van der Waals surface area contributed by atoms with Gasteiger partial charge in [0.15, 0.2) is 0 Å². The zero-order valence-electron chi connectivity index (χ0n) is 10.6. The van der Waals surface area contributed by atoms with Crippen molar-refractivity contribution >= 4 is 21.7 Å². The monoisotopic (exact) mass is 271 g/mol. The number of rotatable bonds is 5. The summed E-state index contributed by atoms with van der Waals surface area (Å²) >= 11 is 0. The van der Waals surface area contributed by atoms with Crippen LogP contribution in [-0.4, -0.2) is 26.7 Å². The molecule has 1 aromatic carbocycles. The lowest BCUT2D eigenvalue weighted by molar-refractivity contribution is -0.121. The molecule has 5 nitrogen and oxygen atoms in total. The molecule has 0 spiro atoms. The second kappa shape index (κ2) is 5.97. The quantitative estimate of drug-likeness (QED) is 0.826. The summed E-state index contributed by atoms with van der Waals surface area (Å²) in [7, 11) is -3.55. The Kier molecular flexibility index (Phi) is 4.86. The van der Waals surface area contributed by atoms with Gasteiger partial charge in [0.2, 0.25) is 5.91 Å². The van der Waals surface area contributed by atoms with Gasteiger partial charge in [-0.2, -0.15) is 8.42 Å². The highest BCUT2D eigenvalue weighted by atomic mass is 32.2. The summed E-state index contributed by atoms with van der Waals surface area (Å²) in [5.41, 5.74) is 0.668. The number of anilines is 1. The van der Waals surface area contributed by atoms with Crippen LogP contribution in [0.5, 0.6) is 0 Å². The molecule has 0 bridgehead atoms. The summed E-state index contributed by atoms with van der Waals surface area (Å²) in [6.45, 7) is 3.17. The zero-order valence-corrected chi connectivity index (χ0v) is 11.4. The Labute approximate surface area is 107 Å². The van der Waals surface area contributed by atoms with Gasteiger partial charge < -0.3 is 5.32 Å². The van der Waals surface area contributed by atoms with E-state index in [0.29, 0.717) is 5.69 Å². The van der Waals surface area contributed by atoms with E-state index in [1.54, 1.807) is 38.1 Å². The number of nitrogens with one attached hydrogen (secondary N) is 1. The second-order valence-corrected chi connectivity index (χ2v) is 5.75. The number of amides is 1. The fraction of sp³-hybridized carbons (Fsp3) is 0.417. The molecule has 0 saturated heterocycles. The minimum absolute atomic E-state index is 0.280. The van der Waals surface area contributed by atoms with Gasteiger partial charge in [-0.1, -0.05) is 25.1 Å². The predicted octanol–water partition coefficient (Wildman–Crippen LogP) is 1.63. The van der Waals surface area contributed by atoms with Crippen molar-refractivity contribution in [3.63, 3.8) is 0 Å². The Balaban J connectivity index is 2.62. The van der Waals surface area contributed by atoms with Gasteiger partial charge in [0.1, 0.15) is 0 Å². The van der Waals surface area contributed by atoms with E-state index in [1.807, 2.05) is 6.07 Å². The summed E-state index contributed by atoms with van der Waals surface area (Å²) in [5.74, 6) is -0.850. The predicted molar refractivity (Wildman–Crippen MR) is 69.6 cm³/mol. The molecule has 0 unspecified atom stereocenters. The third-order valence-corrected chi connectivity index (χ3v) is 3.14. The first-order valence-electron chi connectivity index (χ1n) is 5.54. The fourth-order valence-corrected chi connectivity index (χ4v) is 2.07. The van der Waals surface area contributed by atoms with Crippen molar-refractivity contribution in [2.45, 2.75) is 20.0 Å². The van der Waals surface area contributed by atoms with Crippen LogP contribution in [0.1, 0.15) is 13.8 Å². The van der Waals surface area contributed by atoms with E-state index in [1.165, 1.54) is 0 Å². The van der Waals surface area contributed by atoms with Gasteiger partial charge in [-0.15, -0.1) is 0 Å². The van der Waals surface area contributed by atoms with Crippen LogP contribution in [0.15, 0.2) is 30.3 Å². The number of hydrogen-bond acceptors (Lipinski definition) is 4. The molecule has 0 aliphatic carbocycles. The van der Waals surface area contributed by atoms with Crippen molar-refractivity contribution in [1.82, 2.24) is 0 Å². The molecule has 1 N–H and O–H groups in total. The van der Waals surface area contributed by atoms with E-state index in [-0.39, 0.29) is 5.91 Å². The maximum Gasteiger partial charge on any atom is 0.264 e. The van der Waals surface area contributed by atoms with Gasteiger partial charge >= 0.3 is 0 Å². The summed E-state index contributed by atoms with van der Waals surface area (Å²) in [6, 6.07) is 8.96. The van der Waals surface area contributed by atoms with Crippen LogP contribution in [-0.2, 0) is 19.1 Å². The molecule has 1 amide bonds. The van der Waals surface area contributed by atoms with E-state index >= 15 is 0 Å². The van der Waals surface area contributed by atoms with Crippen molar-refractivity contribution in [3.8, 4) is 0 Å². The highest BCUT2D eigenvalue weighted by Crippen LogP contribution is 2.13. The second-order valence-electron chi connectivity index (χ2n) is 4.15. The Morgan fingerprint density at radius 2 is 1.78 bits per heavy atom. The van der Waals surface area contributed by atoms with Crippen LogP contribution in [0, 0.1) is 5.92 Å². The average Bonchev–Trinajstić information content (AvgIpc) is 2.27. The normalized spacial score (nSPS) is 14.8. The van der Waals surface area contributed by atoms with E-state index < -0.39 is 22.1 Å². The molecule has 18 heavy (non-hydrogen) atoms. The third-order valence-electron chi connectivity index (χ3n) is 2.49. The molecule has 0 aliphatic rings. The SMILES string of the molecule is C[C@H](OS(C)(=O)=O)[C@H](C)C(=O)Nc1ccccc1. The van der Waals surface area contributed by atoms with Gasteiger partial charge in [-0.05, 0) is 19.1 Å². The average molecular weight is 271 g/mol. The van der Waals surface area contributed by atoms with Gasteiger partial charge in [0.05, 0.1) is 18.3 Å². The van der Waals surface area contributed by atoms with E-state index in [2.05, 4.69) is 5.32 Å². The van der Waals surface area contributed by atoms with Crippen LogP contribution in [0.4, 0.5) is 5.69 Å². The van der Waals surface area contributed by atoms with E-state index in [0.717, 1.165) is 6.26 Å². The lowest BCUT2D eigenvalue weighted by Gasteiger charge is -2.18. The first kappa shape index (κ1) is 14.7. The Bertz CT molecular complexity index is 498. The highest BCUT2D eigenvalue weighted by Gasteiger charge is 2.24. The summed E-state index contributed by atoms with van der Waals surface area (Å²) in [4.78, 5) is 11.9. The van der Waals surface area contributed by atoms with Crippen molar-refractivity contribution in [3.05, 3.63) is 30.3 Å². The number of hydrogen-bond donors (Lipinski definition) is 1. The van der Waals surface area contributed by atoms with Crippen LogP contribution in [0.2, 0.25) is 0 Å². The first-order valence-corrected chi connectivity index (χ1v) is 7.35. The molecule has 0 heterocycles. The maximum atomic E-state index is 11.9. The molecule has 0 fully saturated rings. The van der Waals surface area contributed by atoms with Gasteiger partial charge in [-0.25, -0.2) is 0 Å². The van der Waals surface area contributed by atoms with E-state index in [9.17, 15) is 13.2 Å². The highest BCUT2D eigenvalue weighted by molar-refractivity contribution is 7.86. The Morgan fingerprint density at radius 1 is 1.22 bits per heavy atom. The van der Waals surface area contributed by atoms with Gasteiger partial charge in [0, 0.05) is 5.69 Å².